The molecule has 0 spiro atoms. The van der Waals surface area contributed by atoms with Gasteiger partial charge < -0.3 is 10.1 Å². The second-order valence-electron chi connectivity index (χ2n) is 6.17. The van der Waals surface area contributed by atoms with Crippen molar-refractivity contribution in [3.63, 3.8) is 0 Å². The predicted molar refractivity (Wildman–Crippen MR) is 94.8 cm³/mol. The summed E-state index contributed by atoms with van der Waals surface area (Å²) in [7, 11) is 0. The minimum Gasteiger partial charge on any atom is -0.437 e. The highest BCUT2D eigenvalue weighted by molar-refractivity contribution is 7.13. The minimum absolute atomic E-state index is 0.00568. The third-order valence-corrected chi connectivity index (χ3v) is 4.04. The van der Waals surface area contributed by atoms with E-state index < -0.39 is 0 Å². The quantitative estimate of drug-likeness (QED) is 0.700. The van der Waals surface area contributed by atoms with E-state index in [2.05, 4.69) is 42.1 Å². The second-order valence-corrected chi connectivity index (χ2v) is 7.06. The van der Waals surface area contributed by atoms with Gasteiger partial charge in [-0.25, -0.2) is 9.97 Å². The highest BCUT2D eigenvalue weighted by atomic mass is 32.1. The molecule has 2 aromatic heterocycles. The summed E-state index contributed by atoms with van der Waals surface area (Å²) in [5, 5.41) is 5.99. The molecule has 0 unspecified atom stereocenters. The van der Waals surface area contributed by atoms with Crippen LogP contribution in [0.4, 0.5) is 10.8 Å². The van der Waals surface area contributed by atoms with Crippen molar-refractivity contribution in [3.8, 4) is 11.6 Å². The number of thiazole rings is 1. The average Bonchev–Trinajstić information content (AvgIpc) is 3.02. The molecule has 0 aliphatic rings. The number of nitrogens with one attached hydrogen (secondary N) is 1. The molecule has 0 saturated carbocycles. The molecule has 0 bridgehead atoms. The molecule has 0 aliphatic heterocycles. The first-order chi connectivity index (χ1) is 11.0. The molecule has 0 amide bonds. The van der Waals surface area contributed by atoms with E-state index in [0.717, 1.165) is 22.1 Å². The van der Waals surface area contributed by atoms with E-state index in [1.807, 2.05) is 35.7 Å². The van der Waals surface area contributed by atoms with Crippen LogP contribution in [0, 0.1) is 0 Å². The first-order valence-electron chi connectivity index (χ1n) is 7.43. The maximum absolute atomic E-state index is 6.12. The topological polar surface area (TPSA) is 47.0 Å². The molecule has 0 aliphatic carbocycles. The van der Waals surface area contributed by atoms with E-state index in [-0.39, 0.29) is 5.41 Å². The normalized spacial score (nSPS) is 11.3. The van der Waals surface area contributed by atoms with Gasteiger partial charge in [0.15, 0.2) is 5.13 Å². The fourth-order valence-electron chi connectivity index (χ4n) is 2.25. The SMILES string of the molecule is CC(C)(C)c1ccccc1Oc1ncccc1Nc1nccs1. The predicted octanol–water partition coefficient (Wildman–Crippen LogP) is 5.37. The van der Waals surface area contributed by atoms with Gasteiger partial charge in [-0.1, -0.05) is 39.0 Å². The Hall–Kier alpha value is -2.40. The van der Waals surface area contributed by atoms with Crippen molar-refractivity contribution < 1.29 is 4.74 Å². The van der Waals surface area contributed by atoms with Crippen LogP contribution in [0.1, 0.15) is 26.3 Å². The van der Waals surface area contributed by atoms with Crippen LogP contribution >= 0.6 is 11.3 Å². The minimum atomic E-state index is -0.00568. The van der Waals surface area contributed by atoms with Crippen molar-refractivity contribution in [3.05, 3.63) is 59.7 Å². The highest BCUT2D eigenvalue weighted by Crippen LogP contribution is 2.36. The van der Waals surface area contributed by atoms with E-state index >= 15 is 0 Å². The Kier molecular flexibility index (Phi) is 4.30. The third kappa shape index (κ3) is 3.68. The number of rotatable bonds is 4. The molecule has 1 aromatic carbocycles. The van der Waals surface area contributed by atoms with Gasteiger partial charge in [-0.15, -0.1) is 11.3 Å². The summed E-state index contributed by atoms with van der Waals surface area (Å²) in [5.41, 5.74) is 1.94. The number of ether oxygens (including phenoxy) is 1. The Morgan fingerprint density at radius 2 is 1.83 bits per heavy atom. The van der Waals surface area contributed by atoms with Crippen molar-refractivity contribution in [1.82, 2.24) is 9.97 Å². The van der Waals surface area contributed by atoms with Crippen LogP contribution in [-0.4, -0.2) is 9.97 Å². The summed E-state index contributed by atoms with van der Waals surface area (Å²) in [6.45, 7) is 6.51. The zero-order valence-electron chi connectivity index (χ0n) is 13.4. The summed E-state index contributed by atoms with van der Waals surface area (Å²) >= 11 is 1.53. The second kappa shape index (κ2) is 6.38. The molecule has 3 rings (SSSR count). The van der Waals surface area contributed by atoms with Crippen LogP contribution in [-0.2, 0) is 5.41 Å². The Morgan fingerprint density at radius 1 is 1.00 bits per heavy atom. The molecule has 0 atom stereocenters. The Balaban J connectivity index is 1.92. The van der Waals surface area contributed by atoms with Crippen molar-refractivity contribution in [2.75, 3.05) is 5.32 Å². The zero-order valence-corrected chi connectivity index (χ0v) is 14.2. The molecule has 118 valence electrons. The Morgan fingerprint density at radius 3 is 2.57 bits per heavy atom. The van der Waals surface area contributed by atoms with Crippen LogP contribution < -0.4 is 10.1 Å². The summed E-state index contributed by atoms with van der Waals surface area (Å²) in [4.78, 5) is 8.61. The van der Waals surface area contributed by atoms with Crippen molar-refractivity contribution in [1.29, 1.82) is 0 Å². The molecular formula is C18H19N3OS. The number of benzene rings is 1. The fourth-order valence-corrected chi connectivity index (χ4v) is 2.79. The van der Waals surface area contributed by atoms with Crippen LogP contribution in [0.2, 0.25) is 0 Å². The highest BCUT2D eigenvalue weighted by Gasteiger charge is 2.19. The lowest BCUT2D eigenvalue weighted by atomic mass is 9.86. The maximum Gasteiger partial charge on any atom is 0.243 e. The van der Waals surface area contributed by atoms with Gasteiger partial charge in [0.25, 0.3) is 0 Å². The number of para-hydroxylation sites is 1. The van der Waals surface area contributed by atoms with Gasteiger partial charge in [-0.05, 0) is 23.6 Å². The van der Waals surface area contributed by atoms with Crippen molar-refractivity contribution in [2.24, 2.45) is 0 Å². The molecule has 23 heavy (non-hydrogen) atoms. The average molecular weight is 325 g/mol. The number of hydrogen-bond acceptors (Lipinski definition) is 5. The molecule has 4 nitrogen and oxygen atoms in total. The van der Waals surface area contributed by atoms with Gasteiger partial charge in [0.2, 0.25) is 5.88 Å². The van der Waals surface area contributed by atoms with Gasteiger partial charge in [0, 0.05) is 23.3 Å². The molecule has 2 heterocycles. The number of pyridine rings is 1. The van der Waals surface area contributed by atoms with Gasteiger partial charge in [0.1, 0.15) is 11.4 Å². The summed E-state index contributed by atoms with van der Waals surface area (Å²) in [6, 6.07) is 11.9. The molecule has 1 N–H and O–H groups in total. The van der Waals surface area contributed by atoms with Gasteiger partial charge in [-0.2, -0.15) is 0 Å². The summed E-state index contributed by atoms with van der Waals surface area (Å²) < 4.78 is 6.12. The zero-order chi connectivity index (χ0) is 16.3. The molecule has 3 aromatic rings. The van der Waals surface area contributed by atoms with Gasteiger partial charge >= 0.3 is 0 Å². The van der Waals surface area contributed by atoms with Crippen LogP contribution in [0.5, 0.6) is 11.6 Å². The van der Waals surface area contributed by atoms with Gasteiger partial charge in [-0.3, -0.25) is 0 Å². The van der Waals surface area contributed by atoms with Crippen LogP contribution in [0.15, 0.2) is 54.2 Å². The molecule has 0 radical (unpaired) electrons. The molecule has 0 saturated heterocycles. The number of hydrogen-bond donors (Lipinski definition) is 1. The summed E-state index contributed by atoms with van der Waals surface area (Å²) in [5.74, 6) is 1.36. The van der Waals surface area contributed by atoms with E-state index in [9.17, 15) is 0 Å². The van der Waals surface area contributed by atoms with E-state index in [0.29, 0.717) is 5.88 Å². The number of nitrogens with zero attached hydrogens (tertiary/aromatic N) is 2. The van der Waals surface area contributed by atoms with E-state index in [1.165, 1.54) is 11.3 Å². The van der Waals surface area contributed by atoms with Crippen LogP contribution in [0.3, 0.4) is 0 Å². The van der Waals surface area contributed by atoms with Crippen LogP contribution in [0.25, 0.3) is 0 Å². The molecular weight excluding hydrogens is 306 g/mol. The Labute approximate surface area is 140 Å². The number of anilines is 2. The third-order valence-electron chi connectivity index (χ3n) is 3.35. The smallest absolute Gasteiger partial charge is 0.243 e. The largest absolute Gasteiger partial charge is 0.437 e. The lowest BCUT2D eigenvalue weighted by molar-refractivity contribution is 0.442. The lowest BCUT2D eigenvalue weighted by Crippen LogP contribution is -2.12. The fraction of sp³-hybridized carbons (Fsp3) is 0.222. The summed E-state index contributed by atoms with van der Waals surface area (Å²) in [6.07, 6.45) is 3.49. The van der Waals surface area contributed by atoms with Gasteiger partial charge in [0.05, 0.1) is 0 Å². The van der Waals surface area contributed by atoms with Crippen molar-refractivity contribution in [2.45, 2.75) is 26.2 Å². The first kappa shape index (κ1) is 15.5. The monoisotopic (exact) mass is 325 g/mol. The first-order valence-corrected chi connectivity index (χ1v) is 8.31. The van der Waals surface area contributed by atoms with E-state index in [4.69, 9.17) is 4.74 Å². The molecule has 5 heteroatoms. The lowest BCUT2D eigenvalue weighted by Gasteiger charge is -2.22. The Bertz CT molecular complexity index is 779. The van der Waals surface area contributed by atoms with Crippen molar-refractivity contribution >= 4 is 22.2 Å². The number of aromatic nitrogens is 2. The maximum atomic E-state index is 6.12. The molecule has 0 fully saturated rings. The standard InChI is InChI=1S/C18H19N3OS/c1-18(2,3)13-7-4-5-9-15(13)22-16-14(8-6-10-19-16)21-17-20-11-12-23-17/h4-12H,1-3H3,(H,20,21). The van der Waals surface area contributed by atoms with E-state index in [1.54, 1.807) is 12.4 Å².